The van der Waals surface area contributed by atoms with E-state index in [1.54, 1.807) is 0 Å². The summed E-state index contributed by atoms with van der Waals surface area (Å²) in [6.07, 6.45) is 3.18. The van der Waals surface area contributed by atoms with Crippen LogP contribution >= 0.6 is 24.2 Å². The number of carbonyl (C=O) groups excluding carboxylic acids is 1. The topological polar surface area (TPSA) is 64.3 Å². The van der Waals surface area contributed by atoms with Crippen LogP contribution in [0.3, 0.4) is 0 Å². The number of ether oxygens (including phenoxy) is 1. The highest BCUT2D eigenvalue weighted by Gasteiger charge is 2.62. The normalized spacial score (nSPS) is 35.0. The van der Waals surface area contributed by atoms with Gasteiger partial charge in [0.05, 0.1) is 6.10 Å². The van der Waals surface area contributed by atoms with Gasteiger partial charge in [-0.1, -0.05) is 13.8 Å². The minimum absolute atomic E-state index is 0. The van der Waals surface area contributed by atoms with Gasteiger partial charge in [-0.15, -0.1) is 12.4 Å². The second-order valence-electron chi connectivity index (χ2n) is 6.19. The third kappa shape index (κ3) is 3.11. The first-order valence-electron chi connectivity index (χ1n) is 7.22. The molecular weight excluding hydrogens is 296 g/mol. The highest BCUT2D eigenvalue weighted by molar-refractivity contribution is 8.00. The number of hydrogen-bond acceptors (Lipinski definition) is 4. The summed E-state index contributed by atoms with van der Waals surface area (Å²) >= 11 is 1.95. The second kappa shape index (κ2) is 6.86. The van der Waals surface area contributed by atoms with Gasteiger partial charge in [0.25, 0.3) is 0 Å². The van der Waals surface area contributed by atoms with E-state index in [2.05, 4.69) is 5.32 Å². The van der Waals surface area contributed by atoms with Gasteiger partial charge in [0.1, 0.15) is 5.54 Å². The van der Waals surface area contributed by atoms with E-state index >= 15 is 0 Å². The van der Waals surface area contributed by atoms with Crippen molar-refractivity contribution in [3.8, 4) is 0 Å². The van der Waals surface area contributed by atoms with Gasteiger partial charge < -0.3 is 15.8 Å². The monoisotopic (exact) mass is 322 g/mol. The number of rotatable bonds is 5. The molecule has 2 aliphatic rings. The van der Waals surface area contributed by atoms with E-state index in [9.17, 15) is 4.79 Å². The Balaban J connectivity index is 0.00000200. The van der Waals surface area contributed by atoms with Crippen molar-refractivity contribution in [2.45, 2.75) is 56.9 Å². The van der Waals surface area contributed by atoms with Crippen LogP contribution < -0.4 is 11.1 Å². The first-order chi connectivity index (χ1) is 8.91. The highest BCUT2D eigenvalue weighted by Crippen LogP contribution is 2.49. The van der Waals surface area contributed by atoms with Crippen molar-refractivity contribution in [3.63, 3.8) is 0 Å². The first kappa shape index (κ1) is 18.1. The van der Waals surface area contributed by atoms with Crippen LogP contribution in [0.2, 0.25) is 0 Å². The number of nitrogens with one attached hydrogen (secondary N) is 1. The molecule has 0 radical (unpaired) electrons. The Kier molecular flexibility index (Phi) is 6.20. The smallest absolute Gasteiger partial charge is 0.240 e. The summed E-state index contributed by atoms with van der Waals surface area (Å²) in [4.78, 5) is 12.4. The lowest BCUT2D eigenvalue weighted by atomic mass is 9.54. The highest BCUT2D eigenvalue weighted by atomic mass is 35.5. The lowest BCUT2D eigenvalue weighted by Crippen LogP contribution is -2.76. The number of thioether (sulfide) groups is 1. The van der Waals surface area contributed by atoms with Gasteiger partial charge in [-0.05, 0) is 25.5 Å². The maximum atomic E-state index is 12.4. The molecule has 6 heteroatoms. The van der Waals surface area contributed by atoms with Gasteiger partial charge in [-0.3, -0.25) is 4.79 Å². The number of amides is 1. The van der Waals surface area contributed by atoms with Crippen LogP contribution in [0.4, 0.5) is 0 Å². The number of nitrogens with two attached hydrogens (primary N) is 1. The van der Waals surface area contributed by atoms with Crippen molar-refractivity contribution in [3.05, 3.63) is 0 Å². The zero-order valence-electron chi connectivity index (χ0n) is 12.6. The maximum Gasteiger partial charge on any atom is 0.240 e. The maximum absolute atomic E-state index is 12.4. The number of hydrogen-bond donors (Lipinski definition) is 2. The molecule has 1 saturated heterocycles. The second-order valence-corrected chi connectivity index (χ2v) is 7.59. The SMILES string of the molecule is CCOC1CC(N)(C(=O)NCC2CCCS2)C1(C)C.Cl. The lowest BCUT2D eigenvalue weighted by molar-refractivity contribution is -0.170. The fourth-order valence-electron chi connectivity index (χ4n) is 2.99. The Labute approximate surface area is 132 Å². The van der Waals surface area contributed by atoms with Crippen molar-refractivity contribution in [2.24, 2.45) is 11.1 Å². The fraction of sp³-hybridized carbons (Fsp3) is 0.929. The molecule has 2 rings (SSSR count). The summed E-state index contributed by atoms with van der Waals surface area (Å²) in [5.74, 6) is 1.20. The van der Waals surface area contributed by atoms with Crippen molar-refractivity contribution < 1.29 is 9.53 Å². The molecule has 1 saturated carbocycles. The van der Waals surface area contributed by atoms with Crippen LogP contribution in [0, 0.1) is 5.41 Å². The van der Waals surface area contributed by atoms with Gasteiger partial charge in [0, 0.05) is 30.2 Å². The summed E-state index contributed by atoms with van der Waals surface area (Å²) < 4.78 is 5.65. The van der Waals surface area contributed by atoms with Crippen LogP contribution in [0.15, 0.2) is 0 Å². The standard InChI is InChI=1S/C14H26N2O2S.ClH/c1-4-18-11-8-14(15,13(11,2)3)12(17)16-9-10-6-5-7-19-10;/h10-11H,4-9,15H2,1-3H3,(H,16,17);1H. The van der Waals surface area contributed by atoms with Gasteiger partial charge in [0.15, 0.2) is 0 Å². The van der Waals surface area contributed by atoms with Gasteiger partial charge in [-0.2, -0.15) is 11.8 Å². The molecule has 0 aromatic carbocycles. The average Bonchev–Trinajstić information content (AvgIpc) is 2.88. The molecule has 1 aliphatic heterocycles. The Bertz CT molecular complexity index is 348. The Morgan fingerprint density at radius 1 is 1.50 bits per heavy atom. The van der Waals surface area contributed by atoms with Gasteiger partial charge >= 0.3 is 0 Å². The van der Waals surface area contributed by atoms with Gasteiger partial charge in [-0.25, -0.2) is 0 Å². The van der Waals surface area contributed by atoms with Crippen LogP contribution in [-0.2, 0) is 9.53 Å². The molecule has 1 heterocycles. The van der Waals surface area contributed by atoms with Crippen molar-refractivity contribution in [1.82, 2.24) is 5.32 Å². The van der Waals surface area contributed by atoms with Crippen LogP contribution in [-0.4, -0.2) is 41.7 Å². The predicted molar refractivity (Wildman–Crippen MR) is 86.5 cm³/mol. The van der Waals surface area contributed by atoms with E-state index in [0.717, 1.165) is 6.54 Å². The molecule has 1 aliphatic carbocycles. The Morgan fingerprint density at radius 2 is 2.20 bits per heavy atom. The zero-order valence-corrected chi connectivity index (χ0v) is 14.2. The molecule has 2 fully saturated rings. The molecule has 0 aromatic heterocycles. The summed E-state index contributed by atoms with van der Waals surface area (Å²) in [7, 11) is 0. The molecule has 3 N–H and O–H groups in total. The third-order valence-corrected chi connectivity index (χ3v) is 6.15. The summed E-state index contributed by atoms with van der Waals surface area (Å²) in [6, 6.07) is 0. The summed E-state index contributed by atoms with van der Waals surface area (Å²) in [5, 5.41) is 3.61. The largest absolute Gasteiger partial charge is 0.378 e. The van der Waals surface area contributed by atoms with Gasteiger partial charge in [0.2, 0.25) is 5.91 Å². The molecule has 3 unspecified atom stereocenters. The summed E-state index contributed by atoms with van der Waals surface area (Å²) in [6.45, 7) is 7.45. The van der Waals surface area contributed by atoms with E-state index in [-0.39, 0.29) is 29.8 Å². The molecule has 20 heavy (non-hydrogen) atoms. The quantitative estimate of drug-likeness (QED) is 0.812. The van der Waals surface area contributed by atoms with Crippen LogP contribution in [0.1, 0.15) is 40.0 Å². The molecular formula is C14H27ClN2O2S. The molecule has 118 valence electrons. The van der Waals surface area contributed by atoms with E-state index in [0.29, 0.717) is 18.3 Å². The van der Waals surface area contributed by atoms with E-state index < -0.39 is 5.54 Å². The van der Waals surface area contributed by atoms with E-state index in [4.69, 9.17) is 10.5 Å². The Morgan fingerprint density at radius 3 is 2.70 bits per heavy atom. The minimum Gasteiger partial charge on any atom is -0.378 e. The van der Waals surface area contributed by atoms with E-state index in [1.165, 1.54) is 18.6 Å². The Hall–Kier alpha value is 0.0300. The van der Waals surface area contributed by atoms with Crippen molar-refractivity contribution >= 4 is 30.1 Å². The number of carbonyl (C=O) groups is 1. The predicted octanol–water partition coefficient (Wildman–Crippen LogP) is 1.95. The summed E-state index contributed by atoms with van der Waals surface area (Å²) in [5.41, 5.74) is 5.25. The number of halogens is 1. The molecule has 0 bridgehead atoms. The molecule has 4 nitrogen and oxygen atoms in total. The minimum atomic E-state index is -0.782. The first-order valence-corrected chi connectivity index (χ1v) is 8.27. The lowest BCUT2D eigenvalue weighted by Gasteiger charge is -2.57. The molecule has 0 aromatic rings. The molecule has 1 amide bonds. The average molecular weight is 323 g/mol. The van der Waals surface area contributed by atoms with E-state index in [1.807, 2.05) is 32.5 Å². The zero-order chi connectivity index (χ0) is 14.1. The van der Waals surface area contributed by atoms with Crippen molar-refractivity contribution in [1.29, 1.82) is 0 Å². The third-order valence-electron chi connectivity index (χ3n) is 4.75. The van der Waals surface area contributed by atoms with Crippen LogP contribution in [0.25, 0.3) is 0 Å². The molecule has 3 atom stereocenters. The fourth-order valence-corrected chi connectivity index (χ4v) is 4.19. The van der Waals surface area contributed by atoms with Crippen LogP contribution in [0.5, 0.6) is 0 Å². The van der Waals surface area contributed by atoms with Crippen molar-refractivity contribution in [2.75, 3.05) is 18.9 Å². The molecule has 0 spiro atoms.